The lowest BCUT2D eigenvalue weighted by Gasteiger charge is -2.28. The van der Waals surface area contributed by atoms with Crippen molar-refractivity contribution in [1.29, 1.82) is 0 Å². The zero-order chi connectivity index (χ0) is 13.2. The fraction of sp³-hybridized carbons (Fsp3) is 0.588. The predicted octanol–water partition coefficient (Wildman–Crippen LogP) is 3.78. The van der Waals surface area contributed by atoms with Crippen LogP contribution in [0.1, 0.15) is 44.6 Å². The van der Waals surface area contributed by atoms with Crippen LogP contribution >= 0.6 is 0 Å². The summed E-state index contributed by atoms with van der Waals surface area (Å²) in [6.45, 7) is 2.25. The number of carbonyl (C=O) groups excluding carboxylic acids is 1. The van der Waals surface area contributed by atoms with Gasteiger partial charge in [-0.05, 0) is 43.2 Å². The third-order valence-electron chi connectivity index (χ3n) is 4.79. The molecule has 19 heavy (non-hydrogen) atoms. The van der Waals surface area contributed by atoms with E-state index in [1.165, 1.54) is 24.8 Å². The minimum atomic E-state index is -0.222. The van der Waals surface area contributed by atoms with E-state index in [1.807, 2.05) is 18.2 Å². The van der Waals surface area contributed by atoms with E-state index in [4.69, 9.17) is 4.74 Å². The normalized spacial score (nSPS) is 29.6. The molecule has 0 amide bonds. The molecule has 0 radical (unpaired) electrons. The fourth-order valence-electron chi connectivity index (χ4n) is 3.46. The van der Waals surface area contributed by atoms with E-state index >= 15 is 0 Å². The number of Topliss-reactive ketones (excluding diaryl/α,β-unsaturated/α-hetero) is 1. The predicted molar refractivity (Wildman–Crippen MR) is 75.3 cm³/mol. The SMILES string of the molecule is CCC1CCC(C(=O)C2Cc3ccccc3O2)CC1. The van der Waals surface area contributed by atoms with Crippen LogP contribution in [0.4, 0.5) is 0 Å². The van der Waals surface area contributed by atoms with Gasteiger partial charge in [0.25, 0.3) is 0 Å². The van der Waals surface area contributed by atoms with E-state index in [0.29, 0.717) is 5.78 Å². The summed E-state index contributed by atoms with van der Waals surface area (Å²) in [5, 5.41) is 0. The standard InChI is InChI=1S/C17H22O2/c1-2-12-7-9-13(10-8-12)17(18)16-11-14-5-3-4-6-15(14)19-16/h3-6,12-13,16H,2,7-11H2,1H3. The fourth-order valence-corrected chi connectivity index (χ4v) is 3.46. The first-order valence-electron chi connectivity index (χ1n) is 7.56. The van der Waals surface area contributed by atoms with Crippen LogP contribution in [-0.4, -0.2) is 11.9 Å². The Morgan fingerprint density at radius 3 is 2.63 bits per heavy atom. The van der Waals surface area contributed by atoms with Crippen molar-refractivity contribution in [2.45, 2.75) is 51.6 Å². The Kier molecular flexibility index (Phi) is 3.58. The molecule has 1 heterocycles. The van der Waals surface area contributed by atoms with Gasteiger partial charge in [-0.1, -0.05) is 31.5 Å². The Morgan fingerprint density at radius 2 is 1.95 bits per heavy atom. The Morgan fingerprint density at radius 1 is 1.21 bits per heavy atom. The molecule has 1 aliphatic carbocycles. The Balaban J connectivity index is 1.61. The monoisotopic (exact) mass is 258 g/mol. The third kappa shape index (κ3) is 2.54. The number of rotatable bonds is 3. The number of fused-ring (bicyclic) bond motifs is 1. The highest BCUT2D eigenvalue weighted by atomic mass is 16.5. The van der Waals surface area contributed by atoms with Crippen molar-refractivity contribution < 1.29 is 9.53 Å². The first kappa shape index (κ1) is 12.7. The zero-order valence-corrected chi connectivity index (χ0v) is 11.6. The van der Waals surface area contributed by atoms with Gasteiger partial charge in [-0.15, -0.1) is 0 Å². The molecule has 3 rings (SSSR count). The first-order valence-corrected chi connectivity index (χ1v) is 7.56. The summed E-state index contributed by atoms with van der Waals surface area (Å²) in [5.74, 6) is 2.32. The van der Waals surface area contributed by atoms with Gasteiger partial charge in [-0.25, -0.2) is 0 Å². The summed E-state index contributed by atoms with van der Waals surface area (Å²) in [6, 6.07) is 8.02. The van der Waals surface area contributed by atoms with Crippen LogP contribution in [0.5, 0.6) is 5.75 Å². The van der Waals surface area contributed by atoms with Gasteiger partial charge in [0.05, 0.1) is 0 Å². The van der Waals surface area contributed by atoms with E-state index < -0.39 is 0 Å². The average Bonchev–Trinajstić information content (AvgIpc) is 2.90. The molecule has 1 unspecified atom stereocenters. The Hall–Kier alpha value is -1.31. The summed E-state index contributed by atoms with van der Waals surface area (Å²) in [6.07, 6.45) is 6.36. The van der Waals surface area contributed by atoms with Gasteiger partial charge in [0.1, 0.15) is 5.75 Å². The van der Waals surface area contributed by atoms with Crippen LogP contribution in [0.25, 0.3) is 0 Å². The van der Waals surface area contributed by atoms with E-state index in [0.717, 1.165) is 30.9 Å². The van der Waals surface area contributed by atoms with E-state index in [-0.39, 0.29) is 12.0 Å². The molecule has 2 aliphatic rings. The van der Waals surface area contributed by atoms with Gasteiger partial charge >= 0.3 is 0 Å². The second-order valence-electron chi connectivity index (χ2n) is 5.95. The first-order chi connectivity index (χ1) is 9.28. The van der Waals surface area contributed by atoms with E-state index in [1.54, 1.807) is 0 Å². The molecule has 1 fully saturated rings. The van der Waals surface area contributed by atoms with E-state index in [9.17, 15) is 4.79 Å². The third-order valence-corrected chi connectivity index (χ3v) is 4.79. The number of carbonyl (C=O) groups is 1. The molecule has 0 aromatic heterocycles. The van der Waals surface area contributed by atoms with Gasteiger partial charge in [-0.3, -0.25) is 4.79 Å². The summed E-state index contributed by atoms with van der Waals surface area (Å²) in [7, 11) is 0. The van der Waals surface area contributed by atoms with Crippen molar-refractivity contribution in [2.75, 3.05) is 0 Å². The van der Waals surface area contributed by atoms with Crippen LogP contribution in [0.15, 0.2) is 24.3 Å². The largest absolute Gasteiger partial charge is 0.482 e. The molecule has 1 aromatic carbocycles. The van der Waals surface area contributed by atoms with Crippen molar-refractivity contribution in [3.05, 3.63) is 29.8 Å². The van der Waals surface area contributed by atoms with Gasteiger partial charge in [0.2, 0.25) is 0 Å². The van der Waals surface area contributed by atoms with Crippen molar-refractivity contribution in [3.63, 3.8) is 0 Å². The lowest BCUT2D eigenvalue weighted by atomic mass is 9.78. The van der Waals surface area contributed by atoms with Gasteiger partial charge in [-0.2, -0.15) is 0 Å². The molecule has 1 atom stereocenters. The van der Waals surface area contributed by atoms with Crippen LogP contribution in [-0.2, 0) is 11.2 Å². The maximum absolute atomic E-state index is 12.5. The highest BCUT2D eigenvalue weighted by Gasteiger charge is 2.35. The molecular weight excluding hydrogens is 236 g/mol. The van der Waals surface area contributed by atoms with Crippen LogP contribution in [0.2, 0.25) is 0 Å². The van der Waals surface area contributed by atoms with Crippen molar-refractivity contribution in [1.82, 2.24) is 0 Å². The summed E-state index contributed by atoms with van der Waals surface area (Å²) in [5.41, 5.74) is 1.18. The molecule has 2 nitrogen and oxygen atoms in total. The summed E-state index contributed by atoms with van der Waals surface area (Å²) in [4.78, 5) is 12.5. The molecule has 0 N–H and O–H groups in total. The van der Waals surface area contributed by atoms with Gasteiger partial charge in [0, 0.05) is 12.3 Å². The lowest BCUT2D eigenvalue weighted by Crippen LogP contribution is -2.33. The summed E-state index contributed by atoms with van der Waals surface area (Å²) < 4.78 is 5.83. The summed E-state index contributed by atoms with van der Waals surface area (Å²) >= 11 is 0. The minimum absolute atomic E-state index is 0.222. The maximum Gasteiger partial charge on any atom is 0.176 e. The molecule has 1 saturated carbocycles. The molecule has 102 valence electrons. The topological polar surface area (TPSA) is 26.3 Å². The van der Waals surface area contributed by atoms with Crippen molar-refractivity contribution in [2.24, 2.45) is 11.8 Å². The highest BCUT2D eigenvalue weighted by Crippen LogP contribution is 2.35. The van der Waals surface area contributed by atoms with E-state index in [2.05, 4.69) is 13.0 Å². The number of para-hydroxylation sites is 1. The Labute approximate surface area is 115 Å². The number of benzene rings is 1. The lowest BCUT2D eigenvalue weighted by molar-refractivity contribution is -0.130. The minimum Gasteiger partial charge on any atom is -0.482 e. The van der Waals surface area contributed by atoms with Gasteiger partial charge in [0.15, 0.2) is 11.9 Å². The second kappa shape index (κ2) is 5.36. The maximum atomic E-state index is 12.5. The molecule has 0 saturated heterocycles. The second-order valence-corrected chi connectivity index (χ2v) is 5.95. The number of hydrogen-bond acceptors (Lipinski definition) is 2. The zero-order valence-electron chi connectivity index (χ0n) is 11.6. The number of ketones is 1. The smallest absolute Gasteiger partial charge is 0.176 e. The average molecular weight is 258 g/mol. The molecule has 1 aromatic rings. The molecule has 2 heteroatoms. The van der Waals surface area contributed by atoms with Gasteiger partial charge < -0.3 is 4.74 Å². The quantitative estimate of drug-likeness (QED) is 0.824. The molecular formula is C17H22O2. The molecule has 0 bridgehead atoms. The van der Waals surface area contributed by atoms with Crippen LogP contribution in [0, 0.1) is 11.8 Å². The van der Waals surface area contributed by atoms with Crippen molar-refractivity contribution in [3.8, 4) is 5.75 Å². The van der Waals surface area contributed by atoms with Crippen molar-refractivity contribution >= 4 is 5.78 Å². The van der Waals surface area contributed by atoms with Crippen LogP contribution < -0.4 is 4.74 Å². The number of hydrogen-bond donors (Lipinski definition) is 0. The number of ether oxygens (including phenoxy) is 1. The molecule has 1 aliphatic heterocycles. The Bertz CT molecular complexity index is 433. The van der Waals surface area contributed by atoms with Crippen LogP contribution in [0.3, 0.4) is 0 Å². The molecule has 0 spiro atoms. The highest BCUT2D eigenvalue weighted by molar-refractivity contribution is 5.87.